The molecule has 32 heavy (non-hydrogen) atoms. The molecular weight excluding hydrogens is 457 g/mol. The molecule has 2 aliphatic rings. The van der Waals surface area contributed by atoms with Crippen LogP contribution in [0.5, 0.6) is 0 Å². The highest BCUT2D eigenvalue weighted by Gasteiger charge is 2.37. The molecule has 4 heterocycles. The predicted molar refractivity (Wildman–Crippen MR) is 120 cm³/mol. The fourth-order valence-electron chi connectivity index (χ4n) is 4.59. The third-order valence-electron chi connectivity index (χ3n) is 6.05. The van der Waals surface area contributed by atoms with Crippen molar-refractivity contribution in [2.45, 2.75) is 25.5 Å². The highest BCUT2D eigenvalue weighted by Crippen LogP contribution is 2.37. The number of pyridine rings is 1. The van der Waals surface area contributed by atoms with Crippen LogP contribution in [0.15, 0.2) is 28.9 Å². The van der Waals surface area contributed by atoms with E-state index in [0.29, 0.717) is 57.7 Å². The summed E-state index contributed by atoms with van der Waals surface area (Å²) in [4.78, 5) is 21.2. The van der Waals surface area contributed by atoms with E-state index < -0.39 is 6.10 Å². The Morgan fingerprint density at radius 2 is 2.12 bits per heavy atom. The molecule has 0 aliphatic carbocycles. The Balaban J connectivity index is 1.40. The maximum atomic E-state index is 13.4. The standard InChI is InChI=1S/C21H21Cl2N5O4/c1-11-18-12(6-13(22)7-14(18)23)2-3-28(11)20(29)17-10-26(4-5-31-17)16-9-27(30)8-15-19(16)32-21(24)25-15/h6-9,11,17H,2-5,10H2,1H3,(H2,24,25)/t11-,17+/m0/s1. The van der Waals surface area contributed by atoms with Crippen LogP contribution >= 0.6 is 23.2 Å². The quantitative estimate of drug-likeness (QED) is 0.445. The number of halogens is 2. The minimum Gasteiger partial charge on any atom is -0.619 e. The van der Waals surface area contributed by atoms with Gasteiger partial charge in [0, 0.05) is 23.1 Å². The third-order valence-corrected chi connectivity index (χ3v) is 6.59. The van der Waals surface area contributed by atoms with Crippen molar-refractivity contribution in [1.82, 2.24) is 9.88 Å². The second kappa shape index (κ2) is 7.99. The number of rotatable bonds is 2. The van der Waals surface area contributed by atoms with Gasteiger partial charge in [0.05, 0.1) is 19.2 Å². The van der Waals surface area contributed by atoms with Gasteiger partial charge in [-0.15, -0.1) is 0 Å². The molecule has 9 nitrogen and oxygen atoms in total. The van der Waals surface area contributed by atoms with Crippen LogP contribution in [0, 0.1) is 5.21 Å². The van der Waals surface area contributed by atoms with E-state index in [1.54, 1.807) is 11.0 Å². The molecule has 3 aromatic rings. The number of aromatic nitrogens is 2. The van der Waals surface area contributed by atoms with Crippen LogP contribution in [-0.4, -0.2) is 48.1 Å². The lowest BCUT2D eigenvalue weighted by Crippen LogP contribution is -2.53. The molecule has 0 unspecified atom stereocenters. The molecule has 2 aliphatic heterocycles. The van der Waals surface area contributed by atoms with Crippen LogP contribution in [0.1, 0.15) is 24.1 Å². The zero-order valence-electron chi connectivity index (χ0n) is 17.3. The Morgan fingerprint density at radius 1 is 1.31 bits per heavy atom. The van der Waals surface area contributed by atoms with Crippen LogP contribution in [-0.2, 0) is 16.0 Å². The highest BCUT2D eigenvalue weighted by atomic mass is 35.5. The highest BCUT2D eigenvalue weighted by molar-refractivity contribution is 6.35. The Kier molecular flexibility index (Phi) is 5.27. The molecule has 1 saturated heterocycles. The van der Waals surface area contributed by atoms with E-state index in [-0.39, 0.29) is 24.5 Å². The van der Waals surface area contributed by atoms with Crippen LogP contribution < -0.4 is 15.4 Å². The fourth-order valence-corrected chi connectivity index (χ4v) is 5.28. The zero-order chi connectivity index (χ0) is 22.6. The molecule has 5 rings (SSSR count). The van der Waals surface area contributed by atoms with E-state index in [0.717, 1.165) is 11.1 Å². The molecule has 0 radical (unpaired) electrons. The van der Waals surface area contributed by atoms with Gasteiger partial charge in [-0.2, -0.15) is 9.71 Å². The number of nitrogen functional groups attached to an aromatic ring is 1. The molecule has 2 N–H and O–H groups in total. The normalized spacial score (nSPS) is 21.1. The maximum Gasteiger partial charge on any atom is 0.293 e. The number of nitrogens with zero attached hydrogens (tertiary/aromatic N) is 4. The summed E-state index contributed by atoms with van der Waals surface area (Å²) in [5.74, 6) is -0.127. The topological polar surface area (TPSA) is 112 Å². The molecule has 0 bridgehead atoms. The first kappa shape index (κ1) is 21.1. The Hall–Kier alpha value is -2.75. The van der Waals surface area contributed by atoms with Crippen molar-refractivity contribution in [3.63, 3.8) is 0 Å². The van der Waals surface area contributed by atoms with Crippen LogP contribution in [0.4, 0.5) is 11.7 Å². The summed E-state index contributed by atoms with van der Waals surface area (Å²) in [5, 5.41) is 13.2. The van der Waals surface area contributed by atoms with E-state index in [1.807, 2.05) is 17.9 Å². The monoisotopic (exact) mass is 477 g/mol. The minimum atomic E-state index is -0.700. The Morgan fingerprint density at radius 3 is 2.94 bits per heavy atom. The number of hydrogen-bond acceptors (Lipinski definition) is 7. The summed E-state index contributed by atoms with van der Waals surface area (Å²) in [6, 6.07) is 3.37. The second-order valence-corrected chi connectivity index (χ2v) is 8.84. The van der Waals surface area contributed by atoms with Crippen LogP contribution in [0.3, 0.4) is 0 Å². The molecule has 1 aromatic carbocycles. The number of benzene rings is 1. The number of ether oxygens (including phenoxy) is 1. The molecule has 1 fully saturated rings. The first-order chi connectivity index (χ1) is 15.3. The smallest absolute Gasteiger partial charge is 0.293 e. The average Bonchev–Trinajstić information content (AvgIpc) is 3.12. The van der Waals surface area contributed by atoms with Crippen molar-refractivity contribution in [3.8, 4) is 0 Å². The van der Waals surface area contributed by atoms with Crippen molar-refractivity contribution in [1.29, 1.82) is 0 Å². The van der Waals surface area contributed by atoms with Crippen molar-refractivity contribution < 1.29 is 18.7 Å². The summed E-state index contributed by atoms with van der Waals surface area (Å²) >= 11 is 12.6. The van der Waals surface area contributed by atoms with Crippen molar-refractivity contribution in [2.75, 3.05) is 36.9 Å². The summed E-state index contributed by atoms with van der Waals surface area (Å²) in [5.41, 5.74) is 8.94. The number of morpholine rings is 1. The number of fused-ring (bicyclic) bond motifs is 2. The molecule has 0 spiro atoms. The number of amides is 1. The summed E-state index contributed by atoms with van der Waals surface area (Å²) in [7, 11) is 0. The van der Waals surface area contributed by atoms with Gasteiger partial charge in [0.15, 0.2) is 17.2 Å². The lowest BCUT2D eigenvalue weighted by atomic mass is 9.93. The lowest BCUT2D eigenvalue weighted by molar-refractivity contribution is -0.603. The Labute approximate surface area is 193 Å². The van der Waals surface area contributed by atoms with E-state index >= 15 is 0 Å². The maximum absolute atomic E-state index is 13.4. The van der Waals surface area contributed by atoms with E-state index in [2.05, 4.69) is 4.98 Å². The molecule has 168 valence electrons. The lowest BCUT2D eigenvalue weighted by Gasteiger charge is -2.40. The van der Waals surface area contributed by atoms with Crippen LogP contribution in [0.25, 0.3) is 11.1 Å². The molecule has 11 heteroatoms. The number of carbonyl (C=O) groups is 1. The number of nitrogens with two attached hydrogens (primary N) is 1. The predicted octanol–water partition coefficient (Wildman–Crippen LogP) is 2.70. The number of hydrogen-bond donors (Lipinski definition) is 1. The molecule has 1 amide bonds. The second-order valence-electron chi connectivity index (χ2n) is 7.99. The fraction of sp³-hybridized carbons (Fsp3) is 0.381. The summed E-state index contributed by atoms with van der Waals surface area (Å²) in [6.07, 6.45) is 2.65. The van der Waals surface area contributed by atoms with Gasteiger partial charge >= 0.3 is 0 Å². The summed E-state index contributed by atoms with van der Waals surface area (Å²) < 4.78 is 12.0. The SMILES string of the molecule is C[C@H]1c2c(Cl)cc(Cl)cc2CCN1C(=O)[C@H]1CN(c2c[n+]([O-])cc3nc(N)oc23)CCO1. The number of anilines is 2. The largest absolute Gasteiger partial charge is 0.619 e. The van der Waals surface area contributed by atoms with Gasteiger partial charge in [-0.3, -0.25) is 4.79 Å². The first-order valence-electron chi connectivity index (χ1n) is 10.3. The van der Waals surface area contributed by atoms with Crippen molar-refractivity contribution in [2.24, 2.45) is 0 Å². The van der Waals surface area contributed by atoms with E-state index in [4.69, 9.17) is 38.1 Å². The third kappa shape index (κ3) is 3.60. The Bertz CT molecular complexity index is 1220. The minimum absolute atomic E-state index is 0.0221. The molecule has 2 atom stereocenters. The number of oxazole rings is 1. The summed E-state index contributed by atoms with van der Waals surface area (Å²) in [6.45, 7) is 3.58. The average molecular weight is 478 g/mol. The molecule has 0 saturated carbocycles. The van der Waals surface area contributed by atoms with Gasteiger partial charge in [-0.05, 0) is 36.6 Å². The van der Waals surface area contributed by atoms with Gasteiger partial charge < -0.3 is 29.9 Å². The van der Waals surface area contributed by atoms with Crippen LogP contribution in [0.2, 0.25) is 10.0 Å². The van der Waals surface area contributed by atoms with Gasteiger partial charge in [0.1, 0.15) is 5.69 Å². The number of carbonyl (C=O) groups excluding carboxylic acids is 1. The molecule has 2 aromatic heterocycles. The van der Waals surface area contributed by atoms with Gasteiger partial charge in [-0.25, -0.2) is 0 Å². The van der Waals surface area contributed by atoms with Gasteiger partial charge in [0.2, 0.25) is 12.4 Å². The van der Waals surface area contributed by atoms with E-state index in [9.17, 15) is 10.0 Å². The molecular formula is C21H21Cl2N5O4. The van der Waals surface area contributed by atoms with E-state index in [1.165, 1.54) is 12.4 Å². The first-order valence-corrected chi connectivity index (χ1v) is 11.0. The zero-order valence-corrected chi connectivity index (χ0v) is 18.8. The van der Waals surface area contributed by atoms with Crippen molar-refractivity contribution >= 4 is 51.9 Å². The van der Waals surface area contributed by atoms with Gasteiger partial charge in [-0.1, -0.05) is 23.2 Å². The van der Waals surface area contributed by atoms with Gasteiger partial charge in [0.25, 0.3) is 11.9 Å². The van der Waals surface area contributed by atoms with Crippen molar-refractivity contribution in [3.05, 3.63) is 50.9 Å².